The maximum atomic E-state index is 13.7. The van der Waals surface area contributed by atoms with E-state index in [1.54, 1.807) is 17.2 Å². The molecule has 2 aliphatic rings. The van der Waals surface area contributed by atoms with Crippen LogP contribution in [0.3, 0.4) is 0 Å². The highest BCUT2D eigenvalue weighted by atomic mass is 19.3. The first-order valence-corrected chi connectivity index (χ1v) is 9.92. The number of hydrogen-bond donors (Lipinski definition) is 0. The molecule has 1 amide bonds. The average Bonchev–Trinajstić information content (AvgIpc) is 3.09. The summed E-state index contributed by atoms with van der Waals surface area (Å²) >= 11 is 0. The van der Waals surface area contributed by atoms with E-state index in [9.17, 15) is 18.0 Å². The van der Waals surface area contributed by atoms with Crippen molar-refractivity contribution in [2.45, 2.75) is 19.3 Å². The standard InChI is InChI=1S/C21H22F3N3O4/c22-18-2-1-15(8-19(18)31-20(23)24)16-7-14(9-25-10-16)11-27-13-17(30-21(27)28)12-26-3-5-29-6-4-26/h1-2,7-10,17,20H,3-6,11-13H2. The number of carbonyl (C=O) groups is 1. The lowest BCUT2D eigenvalue weighted by molar-refractivity contribution is -0.0521. The molecule has 3 heterocycles. The van der Waals surface area contributed by atoms with Crippen molar-refractivity contribution in [3.8, 4) is 16.9 Å². The number of hydrogen-bond acceptors (Lipinski definition) is 6. The zero-order chi connectivity index (χ0) is 21.8. The van der Waals surface area contributed by atoms with E-state index < -0.39 is 24.3 Å². The number of ether oxygens (including phenoxy) is 3. The Morgan fingerprint density at radius 3 is 2.74 bits per heavy atom. The van der Waals surface area contributed by atoms with Crippen LogP contribution < -0.4 is 4.74 Å². The van der Waals surface area contributed by atoms with Crippen LogP contribution in [0, 0.1) is 5.82 Å². The van der Waals surface area contributed by atoms with Crippen molar-refractivity contribution in [2.75, 3.05) is 39.4 Å². The summed E-state index contributed by atoms with van der Waals surface area (Å²) in [4.78, 5) is 20.3. The van der Waals surface area contributed by atoms with Crippen molar-refractivity contribution in [1.82, 2.24) is 14.8 Å². The number of aromatic nitrogens is 1. The van der Waals surface area contributed by atoms with Gasteiger partial charge in [-0.2, -0.15) is 8.78 Å². The van der Waals surface area contributed by atoms with E-state index in [4.69, 9.17) is 9.47 Å². The average molecular weight is 437 g/mol. The third-order valence-electron chi connectivity index (χ3n) is 5.16. The van der Waals surface area contributed by atoms with Crippen LogP contribution in [-0.2, 0) is 16.0 Å². The molecule has 0 N–H and O–H groups in total. The summed E-state index contributed by atoms with van der Waals surface area (Å²) in [5.74, 6) is -1.41. The predicted molar refractivity (Wildman–Crippen MR) is 104 cm³/mol. The Bertz CT molecular complexity index is 924. The third kappa shape index (κ3) is 5.45. The second-order valence-electron chi connectivity index (χ2n) is 7.40. The van der Waals surface area contributed by atoms with Crippen molar-refractivity contribution in [1.29, 1.82) is 0 Å². The van der Waals surface area contributed by atoms with E-state index in [2.05, 4.69) is 14.6 Å². The van der Waals surface area contributed by atoms with E-state index in [-0.39, 0.29) is 6.10 Å². The van der Waals surface area contributed by atoms with E-state index >= 15 is 0 Å². The van der Waals surface area contributed by atoms with Crippen molar-refractivity contribution in [3.63, 3.8) is 0 Å². The number of rotatable bonds is 7. The molecule has 0 radical (unpaired) electrons. The van der Waals surface area contributed by atoms with Crippen LogP contribution in [0.25, 0.3) is 11.1 Å². The fourth-order valence-electron chi connectivity index (χ4n) is 3.69. The minimum Gasteiger partial charge on any atom is -0.443 e. The van der Waals surface area contributed by atoms with E-state index in [1.807, 2.05) is 0 Å². The molecule has 0 bridgehead atoms. The number of halogens is 3. The van der Waals surface area contributed by atoms with Crippen LogP contribution in [-0.4, -0.2) is 73.0 Å². The van der Waals surface area contributed by atoms with Crippen LogP contribution in [0.15, 0.2) is 36.7 Å². The molecular weight excluding hydrogens is 415 g/mol. The number of carbonyl (C=O) groups excluding carboxylic acids is 1. The van der Waals surface area contributed by atoms with Gasteiger partial charge in [0, 0.05) is 37.6 Å². The lowest BCUT2D eigenvalue weighted by atomic mass is 10.1. The first kappa shape index (κ1) is 21.4. The van der Waals surface area contributed by atoms with E-state index in [0.29, 0.717) is 44.0 Å². The number of benzene rings is 1. The van der Waals surface area contributed by atoms with Gasteiger partial charge in [-0.05, 0) is 29.3 Å². The quantitative estimate of drug-likeness (QED) is 0.663. The fraction of sp³-hybridized carbons (Fsp3) is 0.429. The Labute approximate surface area is 177 Å². The van der Waals surface area contributed by atoms with Gasteiger partial charge in [0.05, 0.1) is 26.3 Å². The van der Waals surface area contributed by atoms with Gasteiger partial charge in [0.2, 0.25) is 0 Å². The molecule has 0 aliphatic carbocycles. The normalized spacial score (nSPS) is 19.7. The van der Waals surface area contributed by atoms with Gasteiger partial charge in [0.15, 0.2) is 11.6 Å². The number of cyclic esters (lactones) is 1. The highest BCUT2D eigenvalue weighted by Gasteiger charge is 2.32. The van der Waals surface area contributed by atoms with Gasteiger partial charge < -0.3 is 19.1 Å². The lowest BCUT2D eigenvalue weighted by Crippen LogP contribution is -2.42. The predicted octanol–water partition coefficient (Wildman–Crippen LogP) is 3.14. The van der Waals surface area contributed by atoms with Crippen LogP contribution in [0.5, 0.6) is 5.75 Å². The molecule has 31 heavy (non-hydrogen) atoms. The zero-order valence-electron chi connectivity index (χ0n) is 16.7. The molecule has 0 saturated carbocycles. The van der Waals surface area contributed by atoms with Gasteiger partial charge in [-0.25, -0.2) is 9.18 Å². The Hall–Kier alpha value is -2.85. The minimum absolute atomic E-state index is 0.215. The van der Waals surface area contributed by atoms with Gasteiger partial charge in [-0.15, -0.1) is 0 Å². The zero-order valence-corrected chi connectivity index (χ0v) is 16.7. The molecule has 10 heteroatoms. The van der Waals surface area contributed by atoms with E-state index in [0.717, 1.165) is 24.7 Å². The largest absolute Gasteiger partial charge is 0.443 e. The Morgan fingerprint density at radius 1 is 1.16 bits per heavy atom. The third-order valence-corrected chi connectivity index (χ3v) is 5.16. The van der Waals surface area contributed by atoms with Gasteiger partial charge >= 0.3 is 12.7 Å². The van der Waals surface area contributed by atoms with Gasteiger partial charge in [-0.3, -0.25) is 9.88 Å². The maximum absolute atomic E-state index is 13.7. The number of morpholine rings is 1. The van der Waals surface area contributed by atoms with E-state index in [1.165, 1.54) is 18.3 Å². The number of alkyl halides is 2. The molecule has 2 saturated heterocycles. The van der Waals surface area contributed by atoms with Crippen molar-refractivity contribution in [3.05, 3.63) is 48.0 Å². The molecule has 2 aliphatic heterocycles. The monoisotopic (exact) mass is 437 g/mol. The molecule has 1 aromatic heterocycles. The maximum Gasteiger partial charge on any atom is 0.410 e. The molecular formula is C21H22F3N3O4. The van der Waals surface area contributed by atoms with Gasteiger partial charge in [0.25, 0.3) is 0 Å². The minimum atomic E-state index is -3.12. The van der Waals surface area contributed by atoms with Crippen LogP contribution in [0.2, 0.25) is 0 Å². The van der Waals surface area contributed by atoms with Crippen LogP contribution >= 0.6 is 0 Å². The molecule has 4 rings (SSSR count). The topological polar surface area (TPSA) is 64.1 Å². The molecule has 2 aromatic rings. The molecule has 1 atom stereocenters. The SMILES string of the molecule is O=C1OC(CN2CCOCC2)CN1Cc1cncc(-c2ccc(F)c(OC(F)F)c2)c1. The first-order valence-electron chi connectivity index (χ1n) is 9.92. The molecule has 0 spiro atoms. The number of amides is 1. The smallest absolute Gasteiger partial charge is 0.410 e. The van der Waals surface area contributed by atoms with Crippen LogP contribution in [0.4, 0.5) is 18.0 Å². The summed E-state index contributed by atoms with van der Waals surface area (Å²) in [5.41, 5.74) is 1.80. The molecule has 7 nitrogen and oxygen atoms in total. The summed E-state index contributed by atoms with van der Waals surface area (Å²) in [7, 11) is 0. The van der Waals surface area contributed by atoms with Crippen molar-refractivity contribution < 1.29 is 32.2 Å². The Balaban J connectivity index is 1.42. The van der Waals surface area contributed by atoms with Gasteiger partial charge in [0.1, 0.15) is 6.10 Å². The van der Waals surface area contributed by atoms with Crippen molar-refractivity contribution >= 4 is 6.09 Å². The van der Waals surface area contributed by atoms with Crippen LogP contribution in [0.1, 0.15) is 5.56 Å². The molecule has 1 aromatic carbocycles. The highest BCUT2D eigenvalue weighted by molar-refractivity contribution is 5.70. The lowest BCUT2D eigenvalue weighted by Gasteiger charge is -2.28. The molecule has 166 valence electrons. The summed E-state index contributed by atoms with van der Waals surface area (Å²) in [6, 6.07) is 5.49. The number of nitrogens with zero attached hydrogens (tertiary/aromatic N) is 3. The Morgan fingerprint density at radius 2 is 1.97 bits per heavy atom. The molecule has 1 unspecified atom stereocenters. The summed E-state index contributed by atoms with van der Waals surface area (Å²) in [6.45, 7) is 1.27. The fourth-order valence-corrected chi connectivity index (χ4v) is 3.69. The second-order valence-corrected chi connectivity index (χ2v) is 7.40. The second kappa shape index (κ2) is 9.52. The highest BCUT2D eigenvalue weighted by Crippen LogP contribution is 2.28. The number of pyridine rings is 1. The first-order chi connectivity index (χ1) is 15.0. The summed E-state index contributed by atoms with van der Waals surface area (Å²) < 4.78 is 53.7. The van der Waals surface area contributed by atoms with Gasteiger partial charge in [-0.1, -0.05) is 6.07 Å². The summed E-state index contributed by atoms with van der Waals surface area (Å²) in [6.07, 6.45) is 2.55. The van der Waals surface area contributed by atoms with Crippen molar-refractivity contribution in [2.24, 2.45) is 0 Å². The summed E-state index contributed by atoms with van der Waals surface area (Å²) in [5, 5.41) is 0. The molecule has 2 fully saturated rings. The Kier molecular flexibility index (Phi) is 6.57.